The average Bonchev–Trinajstić information content (AvgIpc) is 2.83. The van der Waals surface area contributed by atoms with Crippen LogP contribution in [0.3, 0.4) is 0 Å². The molecule has 94 valence electrons. The molecule has 0 aliphatic carbocycles. The minimum Gasteiger partial charge on any atom is -0.497 e. The van der Waals surface area contributed by atoms with Gasteiger partial charge in [0.25, 0.3) is 0 Å². The van der Waals surface area contributed by atoms with Gasteiger partial charge in [0, 0.05) is 24.9 Å². The van der Waals surface area contributed by atoms with Crippen LogP contribution < -0.4 is 9.47 Å². The highest BCUT2D eigenvalue weighted by Crippen LogP contribution is 2.24. The molecular formula is C14H15NO3. The van der Waals surface area contributed by atoms with E-state index in [1.807, 2.05) is 19.3 Å². The van der Waals surface area contributed by atoms with Crippen molar-refractivity contribution in [1.82, 2.24) is 4.57 Å². The van der Waals surface area contributed by atoms with Gasteiger partial charge in [-0.2, -0.15) is 0 Å². The molecule has 0 saturated heterocycles. The maximum absolute atomic E-state index is 12.3. The van der Waals surface area contributed by atoms with Crippen molar-refractivity contribution in [1.29, 1.82) is 0 Å². The minimum absolute atomic E-state index is 0.0558. The van der Waals surface area contributed by atoms with Gasteiger partial charge in [0.2, 0.25) is 5.78 Å². The first-order valence-electron chi connectivity index (χ1n) is 5.55. The maximum Gasteiger partial charge on any atom is 0.209 e. The van der Waals surface area contributed by atoms with E-state index in [0.717, 1.165) is 0 Å². The number of carbonyl (C=O) groups excluding carboxylic acids is 1. The van der Waals surface area contributed by atoms with Crippen molar-refractivity contribution < 1.29 is 14.3 Å². The predicted octanol–water partition coefficient (Wildman–Crippen LogP) is 2.27. The van der Waals surface area contributed by atoms with E-state index in [1.54, 1.807) is 43.1 Å². The van der Waals surface area contributed by atoms with Gasteiger partial charge in [-0.15, -0.1) is 0 Å². The molecule has 0 fully saturated rings. The first-order valence-corrected chi connectivity index (χ1v) is 5.55. The highest BCUT2D eigenvalue weighted by Gasteiger charge is 2.14. The molecule has 0 amide bonds. The molecular weight excluding hydrogens is 230 g/mol. The Balaban J connectivity index is 2.44. The summed E-state index contributed by atoms with van der Waals surface area (Å²) in [7, 11) is 4.96. The fraction of sp³-hybridized carbons (Fsp3) is 0.214. The maximum atomic E-state index is 12.3. The summed E-state index contributed by atoms with van der Waals surface area (Å²) in [5, 5.41) is 0. The third-order valence-corrected chi connectivity index (χ3v) is 2.79. The average molecular weight is 245 g/mol. The van der Waals surface area contributed by atoms with Crippen LogP contribution in [0, 0.1) is 0 Å². The number of ether oxygens (including phenoxy) is 2. The smallest absolute Gasteiger partial charge is 0.209 e. The molecule has 0 radical (unpaired) electrons. The summed E-state index contributed by atoms with van der Waals surface area (Å²) >= 11 is 0. The topological polar surface area (TPSA) is 40.5 Å². The molecule has 4 heteroatoms. The van der Waals surface area contributed by atoms with Gasteiger partial charge in [-0.25, -0.2) is 0 Å². The van der Waals surface area contributed by atoms with Gasteiger partial charge >= 0.3 is 0 Å². The van der Waals surface area contributed by atoms with Crippen molar-refractivity contribution >= 4 is 5.78 Å². The molecule has 1 aromatic heterocycles. The Bertz CT molecular complexity index is 550. The lowest BCUT2D eigenvalue weighted by atomic mass is 10.1. The largest absolute Gasteiger partial charge is 0.497 e. The summed E-state index contributed by atoms with van der Waals surface area (Å²) in [6.45, 7) is 0. The number of nitrogens with zero attached hydrogens (tertiary/aromatic N) is 1. The quantitative estimate of drug-likeness (QED) is 0.776. The lowest BCUT2D eigenvalue weighted by Crippen LogP contribution is -2.07. The van der Waals surface area contributed by atoms with Crippen LogP contribution in [0.4, 0.5) is 0 Å². The number of hydrogen-bond acceptors (Lipinski definition) is 3. The van der Waals surface area contributed by atoms with Crippen LogP contribution in [0.15, 0.2) is 36.5 Å². The Kier molecular flexibility index (Phi) is 3.37. The zero-order valence-corrected chi connectivity index (χ0v) is 10.6. The van der Waals surface area contributed by atoms with Gasteiger partial charge in [-0.1, -0.05) is 0 Å². The monoisotopic (exact) mass is 245 g/mol. The van der Waals surface area contributed by atoms with Gasteiger partial charge < -0.3 is 14.0 Å². The molecule has 0 N–H and O–H groups in total. The lowest BCUT2D eigenvalue weighted by Gasteiger charge is -2.08. The fourth-order valence-electron chi connectivity index (χ4n) is 1.78. The molecule has 2 aromatic rings. The van der Waals surface area contributed by atoms with E-state index in [4.69, 9.17) is 9.47 Å². The summed E-state index contributed by atoms with van der Waals surface area (Å²) in [6, 6.07) is 8.77. The third-order valence-electron chi connectivity index (χ3n) is 2.79. The molecule has 1 aromatic carbocycles. The minimum atomic E-state index is -0.0558. The second-order valence-electron chi connectivity index (χ2n) is 3.93. The van der Waals surface area contributed by atoms with Crippen molar-refractivity contribution in [3.05, 3.63) is 47.8 Å². The Morgan fingerprint density at radius 1 is 1.11 bits per heavy atom. The molecule has 1 heterocycles. The van der Waals surface area contributed by atoms with E-state index < -0.39 is 0 Å². The van der Waals surface area contributed by atoms with Crippen LogP contribution in [0.5, 0.6) is 11.5 Å². The van der Waals surface area contributed by atoms with E-state index in [0.29, 0.717) is 22.8 Å². The second-order valence-corrected chi connectivity index (χ2v) is 3.93. The SMILES string of the molecule is COc1cc(OC)cc(C(=O)c2cccn2C)c1. The summed E-state index contributed by atoms with van der Waals surface area (Å²) in [5.41, 5.74) is 1.18. The van der Waals surface area contributed by atoms with Crippen LogP contribution in [0.2, 0.25) is 0 Å². The summed E-state index contributed by atoms with van der Waals surface area (Å²) in [4.78, 5) is 12.3. The first kappa shape index (κ1) is 12.2. The molecule has 18 heavy (non-hydrogen) atoms. The number of methoxy groups -OCH3 is 2. The Hall–Kier alpha value is -2.23. The zero-order valence-electron chi connectivity index (χ0n) is 10.6. The van der Waals surface area contributed by atoms with Gasteiger partial charge in [0.15, 0.2) is 0 Å². The molecule has 0 bridgehead atoms. The summed E-state index contributed by atoms with van der Waals surface area (Å²) < 4.78 is 12.1. The number of ketones is 1. The molecule has 0 spiro atoms. The third kappa shape index (κ3) is 2.22. The second kappa shape index (κ2) is 4.96. The van der Waals surface area contributed by atoms with Crippen molar-refractivity contribution in [2.24, 2.45) is 7.05 Å². The van der Waals surface area contributed by atoms with Gasteiger partial charge in [-0.3, -0.25) is 4.79 Å². The zero-order chi connectivity index (χ0) is 13.1. The first-order chi connectivity index (χ1) is 8.65. The Morgan fingerprint density at radius 2 is 1.72 bits per heavy atom. The number of hydrogen-bond donors (Lipinski definition) is 0. The number of benzene rings is 1. The molecule has 0 aliphatic rings. The number of rotatable bonds is 4. The fourth-order valence-corrected chi connectivity index (χ4v) is 1.78. The highest BCUT2D eigenvalue weighted by atomic mass is 16.5. The summed E-state index contributed by atoms with van der Waals surface area (Å²) in [5.74, 6) is 1.15. The Morgan fingerprint density at radius 3 is 2.17 bits per heavy atom. The van der Waals surface area contributed by atoms with E-state index in [1.165, 1.54) is 0 Å². The number of aromatic nitrogens is 1. The predicted molar refractivity (Wildman–Crippen MR) is 68.4 cm³/mol. The lowest BCUT2D eigenvalue weighted by molar-refractivity contribution is 0.103. The molecule has 2 rings (SSSR count). The summed E-state index contributed by atoms with van der Waals surface area (Å²) in [6.07, 6.45) is 1.84. The molecule has 0 atom stereocenters. The standard InChI is InChI=1S/C14H15NO3/c1-15-6-4-5-13(15)14(16)10-7-11(17-2)9-12(8-10)18-3/h4-9H,1-3H3. The van der Waals surface area contributed by atoms with E-state index in [9.17, 15) is 4.79 Å². The molecule has 0 saturated carbocycles. The highest BCUT2D eigenvalue weighted by molar-refractivity contribution is 6.08. The molecule has 4 nitrogen and oxygen atoms in total. The van der Waals surface area contributed by atoms with Gasteiger partial charge in [0.1, 0.15) is 11.5 Å². The van der Waals surface area contributed by atoms with Crippen molar-refractivity contribution in [2.45, 2.75) is 0 Å². The van der Waals surface area contributed by atoms with Crippen LogP contribution in [0.25, 0.3) is 0 Å². The molecule has 0 aliphatic heterocycles. The van der Waals surface area contributed by atoms with E-state index in [-0.39, 0.29) is 5.78 Å². The van der Waals surface area contributed by atoms with Crippen molar-refractivity contribution in [3.8, 4) is 11.5 Å². The van der Waals surface area contributed by atoms with Gasteiger partial charge in [0.05, 0.1) is 19.9 Å². The van der Waals surface area contributed by atoms with E-state index in [2.05, 4.69) is 0 Å². The normalized spacial score (nSPS) is 10.2. The van der Waals surface area contributed by atoms with Crippen LogP contribution in [-0.2, 0) is 7.05 Å². The number of carbonyl (C=O) groups is 1. The van der Waals surface area contributed by atoms with Crippen molar-refractivity contribution in [3.63, 3.8) is 0 Å². The van der Waals surface area contributed by atoms with E-state index >= 15 is 0 Å². The Labute approximate surface area is 106 Å². The molecule has 0 unspecified atom stereocenters. The van der Waals surface area contributed by atoms with Crippen LogP contribution >= 0.6 is 0 Å². The number of aryl methyl sites for hydroxylation is 1. The van der Waals surface area contributed by atoms with Crippen LogP contribution in [0.1, 0.15) is 16.1 Å². The van der Waals surface area contributed by atoms with Gasteiger partial charge in [-0.05, 0) is 24.3 Å². The van der Waals surface area contributed by atoms with Crippen LogP contribution in [-0.4, -0.2) is 24.6 Å². The van der Waals surface area contributed by atoms with Crippen molar-refractivity contribution in [2.75, 3.05) is 14.2 Å².